The molecule has 1 fully saturated rings. The molecule has 18 nitrogen and oxygen atoms in total. The molecular formula is C50H55N7O11S. The Morgan fingerprint density at radius 2 is 1.75 bits per heavy atom. The highest BCUT2D eigenvalue weighted by molar-refractivity contribution is 7.89. The van der Waals surface area contributed by atoms with Gasteiger partial charge in [-0.25, -0.2) is 13.1 Å². The van der Waals surface area contributed by atoms with Crippen LogP contribution >= 0.6 is 0 Å². The van der Waals surface area contributed by atoms with E-state index in [1.807, 2.05) is 56.3 Å². The summed E-state index contributed by atoms with van der Waals surface area (Å²) in [6.45, 7) is 5.60. The van der Waals surface area contributed by atoms with Crippen molar-refractivity contribution in [2.24, 2.45) is 7.05 Å². The number of unbranched alkanes of at least 4 members (excludes halogenated alkanes) is 3. The number of Topliss-reactive ketones (excluding diaryl/α,β-unsaturated/α-hetero) is 1. The van der Waals surface area contributed by atoms with E-state index in [-0.39, 0.29) is 65.8 Å². The molecule has 0 spiro atoms. The number of rotatable bonds is 18. The number of aromatic nitrogens is 3. The molecule has 1 saturated heterocycles. The second kappa shape index (κ2) is 20.3. The van der Waals surface area contributed by atoms with E-state index in [0.717, 1.165) is 57.5 Å². The fraction of sp³-hybridized carbons (Fsp3) is 0.400. The van der Waals surface area contributed by atoms with Crippen LogP contribution < -0.4 is 24.8 Å². The lowest BCUT2D eigenvalue weighted by Crippen LogP contribution is -2.54. The molecule has 1 aromatic heterocycles. The molecular weight excluding hydrogens is 907 g/mol. The molecule has 3 aliphatic rings. The minimum Gasteiger partial charge on any atom is -0.494 e. The maximum Gasteiger partial charge on any atom is 0.266 e. The number of nitrogens with one attached hydrogen (secondary N) is 2. The first-order valence-electron chi connectivity index (χ1n) is 23.0. The van der Waals surface area contributed by atoms with Gasteiger partial charge in [-0.15, -0.1) is 5.10 Å². The number of hydrogen-bond acceptors (Lipinski definition) is 13. The van der Waals surface area contributed by atoms with Crippen LogP contribution in [0.15, 0.2) is 71.6 Å². The van der Waals surface area contributed by atoms with Crippen molar-refractivity contribution in [3.63, 3.8) is 0 Å². The van der Waals surface area contributed by atoms with Crippen LogP contribution in [-0.2, 0) is 49.2 Å². The van der Waals surface area contributed by atoms with Crippen molar-refractivity contribution < 1.29 is 51.4 Å². The van der Waals surface area contributed by atoms with E-state index >= 15 is 0 Å². The maximum absolute atomic E-state index is 14.3. The molecule has 0 bridgehead atoms. The summed E-state index contributed by atoms with van der Waals surface area (Å²) in [5.74, 6) is -2.35. The highest BCUT2D eigenvalue weighted by atomic mass is 32.2. The smallest absolute Gasteiger partial charge is 0.266 e. The minimum absolute atomic E-state index is 0.000278. The zero-order valence-corrected chi connectivity index (χ0v) is 40.0. The molecule has 1 unspecified atom stereocenters. The topological polar surface area (TPSA) is 226 Å². The van der Waals surface area contributed by atoms with Gasteiger partial charge in [-0.2, -0.15) is 4.31 Å². The first-order chi connectivity index (χ1) is 33.0. The number of sulfonamides is 1. The predicted molar refractivity (Wildman–Crippen MR) is 251 cm³/mol. The Morgan fingerprint density at radius 3 is 2.52 bits per heavy atom. The van der Waals surface area contributed by atoms with Crippen molar-refractivity contribution in [1.29, 1.82) is 0 Å². The first-order valence-corrected chi connectivity index (χ1v) is 24.5. The monoisotopic (exact) mass is 961 g/mol. The van der Waals surface area contributed by atoms with Crippen molar-refractivity contribution in [2.45, 2.75) is 102 Å². The number of piperidine rings is 1. The maximum atomic E-state index is 14.3. The summed E-state index contributed by atoms with van der Waals surface area (Å²) >= 11 is 0. The zero-order valence-electron chi connectivity index (χ0n) is 39.2. The summed E-state index contributed by atoms with van der Waals surface area (Å²) in [6, 6.07) is 18.4. The number of nitrogens with zero attached hydrogens (tertiary/aromatic N) is 5. The summed E-state index contributed by atoms with van der Waals surface area (Å²) in [5.41, 5.74) is 5.78. The van der Waals surface area contributed by atoms with Gasteiger partial charge in [-0.3, -0.25) is 39.0 Å². The molecule has 0 radical (unpaired) electrons. The van der Waals surface area contributed by atoms with Crippen LogP contribution in [0.5, 0.6) is 17.2 Å². The van der Waals surface area contributed by atoms with Gasteiger partial charge in [0.15, 0.2) is 6.61 Å². The second-order valence-electron chi connectivity index (χ2n) is 17.9. The standard InChI is InChI=1S/C50H55N7O11S/c1-29-14-16-33(37(21-30(2)58)34-24-38-47(42(25-34)66-5)55(4)54-53-38)23-35(29)27-56-26-31(3)68-41-22-32(15-18-43(41)69(56,64)65)11-8-6-7-9-20-51-45(60)28-67-40-13-10-12-36-46(40)50(63)57(49(36)62)39-17-19-44(59)52-48(39)61/h10,12-16,18,22-25,31,37,39H,6-9,11,17,19-21,26-28H2,1-5H3,(H,51,60)(H,52,59,61)/t31-,37+,39?/m1/s1. The largest absolute Gasteiger partial charge is 0.494 e. The Balaban J connectivity index is 0.831. The Morgan fingerprint density at radius 1 is 0.957 bits per heavy atom. The molecule has 8 rings (SSSR count). The average Bonchev–Trinajstić information content (AvgIpc) is 3.78. The van der Waals surface area contributed by atoms with Crippen molar-refractivity contribution in [2.75, 3.05) is 26.8 Å². The lowest BCUT2D eigenvalue weighted by molar-refractivity contribution is -0.136. The second-order valence-corrected chi connectivity index (χ2v) is 19.8. The number of amides is 5. The average molecular weight is 962 g/mol. The van der Waals surface area contributed by atoms with Crippen molar-refractivity contribution in [3.8, 4) is 17.2 Å². The number of carbonyl (C=O) groups excluding carboxylic acids is 6. The number of hydrogen-bond donors (Lipinski definition) is 2. The van der Waals surface area contributed by atoms with Crippen molar-refractivity contribution in [3.05, 3.63) is 106 Å². The van der Waals surface area contributed by atoms with Crippen molar-refractivity contribution >= 4 is 56.4 Å². The number of ether oxygens (including phenoxy) is 3. The van der Waals surface area contributed by atoms with Crippen LogP contribution in [0.25, 0.3) is 11.0 Å². The molecule has 2 N–H and O–H groups in total. The van der Waals surface area contributed by atoms with Crippen LogP contribution in [-0.4, -0.2) is 107 Å². The molecule has 5 aromatic rings. The third-order valence-electron chi connectivity index (χ3n) is 12.8. The van der Waals surface area contributed by atoms with Crippen molar-refractivity contribution in [1.82, 2.24) is 34.8 Å². The highest BCUT2D eigenvalue weighted by Gasteiger charge is 2.46. The van der Waals surface area contributed by atoms with E-state index in [9.17, 15) is 37.2 Å². The summed E-state index contributed by atoms with van der Waals surface area (Å²) in [7, 11) is -0.606. The molecule has 4 aromatic carbocycles. The molecule has 69 heavy (non-hydrogen) atoms. The fourth-order valence-electron chi connectivity index (χ4n) is 9.29. The lowest BCUT2D eigenvalue weighted by atomic mass is 9.85. The van der Waals surface area contributed by atoms with Gasteiger partial charge in [0.25, 0.3) is 17.7 Å². The number of aryl methyl sites for hydroxylation is 3. The fourth-order valence-corrected chi connectivity index (χ4v) is 10.9. The normalized spacial score (nSPS) is 18.2. The molecule has 0 saturated carbocycles. The van der Waals surface area contributed by atoms with E-state index in [1.165, 1.54) is 22.5 Å². The lowest BCUT2D eigenvalue weighted by Gasteiger charge is -2.27. The van der Waals surface area contributed by atoms with Gasteiger partial charge in [0.2, 0.25) is 21.8 Å². The van der Waals surface area contributed by atoms with E-state index in [0.29, 0.717) is 36.4 Å². The Bertz CT molecular complexity index is 2990. The third-order valence-corrected chi connectivity index (χ3v) is 14.7. The minimum atomic E-state index is -3.98. The van der Waals surface area contributed by atoms with E-state index in [2.05, 4.69) is 20.9 Å². The molecule has 3 aliphatic heterocycles. The molecule has 362 valence electrons. The number of benzene rings is 4. The molecule has 3 atom stereocenters. The third kappa shape index (κ3) is 10.2. The quantitative estimate of drug-likeness (QED) is 0.0866. The van der Waals surface area contributed by atoms with E-state index in [4.69, 9.17) is 14.2 Å². The number of carbonyl (C=O) groups is 6. The van der Waals surface area contributed by atoms with Gasteiger partial charge < -0.3 is 19.5 Å². The number of imide groups is 2. The van der Waals surface area contributed by atoms with Gasteiger partial charge in [-0.1, -0.05) is 48.4 Å². The summed E-state index contributed by atoms with van der Waals surface area (Å²) in [6.07, 6.45) is 3.71. The summed E-state index contributed by atoms with van der Waals surface area (Å²) in [5, 5.41) is 13.4. The van der Waals surface area contributed by atoms with Crippen LogP contribution in [0.1, 0.15) is 113 Å². The zero-order chi connectivity index (χ0) is 49.1. The van der Waals surface area contributed by atoms with E-state index in [1.54, 1.807) is 31.8 Å². The number of fused-ring (bicyclic) bond motifs is 3. The Hall–Kier alpha value is -6.99. The van der Waals surface area contributed by atoms with Gasteiger partial charge in [0.05, 0.1) is 24.8 Å². The summed E-state index contributed by atoms with van der Waals surface area (Å²) < 4.78 is 49.4. The predicted octanol–water partition coefficient (Wildman–Crippen LogP) is 5.07. The van der Waals surface area contributed by atoms with Crippen LogP contribution in [0.4, 0.5) is 0 Å². The molecule has 4 heterocycles. The summed E-state index contributed by atoms with van der Waals surface area (Å²) in [4.78, 5) is 76.7. The van der Waals surface area contributed by atoms with Crippen LogP contribution in [0.3, 0.4) is 0 Å². The van der Waals surface area contributed by atoms with E-state index < -0.39 is 58.3 Å². The number of ketones is 1. The molecule has 0 aliphatic carbocycles. The Kier molecular flexibility index (Phi) is 14.3. The van der Waals surface area contributed by atoms with Gasteiger partial charge in [-0.05, 0) is 111 Å². The van der Waals surface area contributed by atoms with Gasteiger partial charge in [0, 0.05) is 38.9 Å². The molecule has 5 amide bonds. The van der Waals surface area contributed by atoms with Crippen LogP contribution in [0.2, 0.25) is 0 Å². The van der Waals surface area contributed by atoms with Gasteiger partial charge in [0.1, 0.15) is 51.1 Å². The highest BCUT2D eigenvalue weighted by Crippen LogP contribution is 2.38. The van der Waals surface area contributed by atoms with Crippen LogP contribution in [0, 0.1) is 6.92 Å². The molecule has 19 heteroatoms. The number of methoxy groups -OCH3 is 1. The Labute approximate surface area is 399 Å². The van der Waals surface area contributed by atoms with Gasteiger partial charge >= 0.3 is 0 Å². The first kappa shape index (κ1) is 48.5. The SMILES string of the molecule is COc1cc([C@@H](CC(C)=O)c2ccc(C)c(CN3C[C@@H](C)Oc4cc(CCCCCCNC(=O)COc5cccc6c5C(=O)N(C5CCC(=O)NC5=O)C6=O)ccc4S3(=O)=O)c2)cc2nnn(C)c12.